The Labute approximate surface area is 123 Å². The molecule has 1 aromatic rings. The van der Waals surface area contributed by atoms with Crippen molar-refractivity contribution >= 4 is 11.6 Å². The highest BCUT2D eigenvalue weighted by atomic mass is 16.3. The summed E-state index contributed by atoms with van der Waals surface area (Å²) in [6, 6.07) is 5.05. The number of carbonyl (C=O) groups is 1. The van der Waals surface area contributed by atoms with E-state index in [1.807, 2.05) is 0 Å². The molecule has 21 heavy (non-hydrogen) atoms. The first kappa shape index (κ1) is 14.9. The molecule has 1 aromatic heterocycles. The quantitative estimate of drug-likeness (QED) is 0.792. The maximum absolute atomic E-state index is 12.2. The van der Waals surface area contributed by atoms with Gasteiger partial charge >= 0.3 is 0 Å². The number of rotatable bonds is 3. The van der Waals surface area contributed by atoms with Crippen LogP contribution >= 0.6 is 0 Å². The van der Waals surface area contributed by atoms with Crippen LogP contribution in [0.4, 0.5) is 0 Å². The van der Waals surface area contributed by atoms with Crippen LogP contribution in [-0.2, 0) is 0 Å². The van der Waals surface area contributed by atoms with Crippen molar-refractivity contribution in [2.24, 2.45) is 0 Å². The summed E-state index contributed by atoms with van der Waals surface area (Å²) in [7, 11) is 0. The van der Waals surface area contributed by atoms with Crippen LogP contribution in [0.1, 0.15) is 24.3 Å². The van der Waals surface area contributed by atoms with E-state index in [4.69, 9.17) is 5.41 Å². The number of nitrogens with one attached hydrogen (secondary N) is 2. The van der Waals surface area contributed by atoms with E-state index in [0.717, 1.165) is 0 Å². The summed E-state index contributed by atoms with van der Waals surface area (Å²) >= 11 is 0. The predicted octanol–water partition coefficient (Wildman–Crippen LogP) is 1.98. The highest BCUT2D eigenvalue weighted by Crippen LogP contribution is 2.27. The largest absolute Gasteiger partial charge is 0.386 e. The van der Waals surface area contributed by atoms with Gasteiger partial charge < -0.3 is 15.8 Å². The van der Waals surface area contributed by atoms with Crippen LogP contribution in [0.5, 0.6) is 0 Å². The molecule has 0 saturated carbocycles. The second kappa shape index (κ2) is 5.46. The van der Waals surface area contributed by atoms with Crippen molar-refractivity contribution in [3.05, 3.63) is 65.7 Å². The fourth-order valence-corrected chi connectivity index (χ4v) is 1.94. The average molecular weight is 283 g/mol. The molecule has 1 amide bonds. The second-order valence-electron chi connectivity index (χ2n) is 5.28. The van der Waals surface area contributed by atoms with Crippen LogP contribution in [0, 0.1) is 5.41 Å². The summed E-state index contributed by atoms with van der Waals surface area (Å²) in [6.45, 7) is 6.94. The van der Waals surface area contributed by atoms with Crippen molar-refractivity contribution in [2.45, 2.75) is 19.4 Å². The standard InChI is InChI=1S/C16H17N3O2/c1-10-8-14(11(9-12(10)17)16(2,3)21)19-15(20)13-6-4-5-7-18-13/h4-9,17,21H,1H2,2-3H3,(H,19,20). The lowest BCUT2D eigenvalue weighted by Crippen LogP contribution is -2.34. The van der Waals surface area contributed by atoms with Crippen molar-refractivity contribution in [1.82, 2.24) is 10.3 Å². The molecular formula is C16H17N3O2. The van der Waals surface area contributed by atoms with Gasteiger partial charge in [-0.3, -0.25) is 9.78 Å². The van der Waals surface area contributed by atoms with E-state index in [2.05, 4.69) is 16.9 Å². The van der Waals surface area contributed by atoms with Crippen LogP contribution < -0.4 is 5.32 Å². The van der Waals surface area contributed by atoms with Crippen LogP contribution in [-0.4, -0.2) is 27.3 Å². The molecule has 0 unspecified atom stereocenters. The summed E-state index contributed by atoms with van der Waals surface area (Å²) < 4.78 is 0. The zero-order chi connectivity index (χ0) is 15.6. The Morgan fingerprint density at radius 3 is 2.67 bits per heavy atom. The van der Waals surface area contributed by atoms with Crippen molar-refractivity contribution in [3.63, 3.8) is 0 Å². The third-order valence-corrected chi connectivity index (χ3v) is 3.05. The Morgan fingerprint density at radius 1 is 1.38 bits per heavy atom. The third-order valence-electron chi connectivity index (χ3n) is 3.05. The zero-order valence-electron chi connectivity index (χ0n) is 12.0. The maximum Gasteiger partial charge on any atom is 0.274 e. The van der Waals surface area contributed by atoms with Crippen molar-refractivity contribution in [3.8, 4) is 0 Å². The predicted molar refractivity (Wildman–Crippen MR) is 81.0 cm³/mol. The number of carbonyl (C=O) groups excluding carboxylic acids is 1. The fraction of sp³-hybridized carbons (Fsp3) is 0.188. The second-order valence-corrected chi connectivity index (χ2v) is 5.28. The first-order valence-corrected chi connectivity index (χ1v) is 6.46. The number of nitrogens with zero attached hydrogens (tertiary/aromatic N) is 1. The Morgan fingerprint density at radius 2 is 2.10 bits per heavy atom. The highest BCUT2D eigenvalue weighted by molar-refractivity contribution is 6.10. The molecule has 3 N–H and O–H groups in total. The summed E-state index contributed by atoms with van der Waals surface area (Å²) in [6.07, 6.45) is 4.62. The van der Waals surface area contributed by atoms with Crippen molar-refractivity contribution in [1.29, 1.82) is 5.41 Å². The van der Waals surface area contributed by atoms with Crippen LogP contribution in [0.3, 0.4) is 0 Å². The molecule has 108 valence electrons. The van der Waals surface area contributed by atoms with Gasteiger partial charge in [-0.1, -0.05) is 12.6 Å². The van der Waals surface area contributed by atoms with Gasteiger partial charge in [0.2, 0.25) is 0 Å². The molecule has 1 aliphatic rings. The number of hydrogen-bond donors (Lipinski definition) is 3. The maximum atomic E-state index is 12.2. The van der Waals surface area contributed by atoms with E-state index in [9.17, 15) is 9.90 Å². The van der Waals surface area contributed by atoms with Gasteiger partial charge in [-0.25, -0.2) is 0 Å². The van der Waals surface area contributed by atoms with Crippen LogP contribution in [0.2, 0.25) is 0 Å². The van der Waals surface area contributed by atoms with E-state index >= 15 is 0 Å². The SMILES string of the molecule is C=C1C=C(NC(=O)c2ccccn2)C(C(C)(C)O)=CC1=N. The van der Waals surface area contributed by atoms with Gasteiger partial charge in [0.05, 0.1) is 11.3 Å². The van der Waals surface area contributed by atoms with E-state index in [0.29, 0.717) is 16.8 Å². The molecule has 0 atom stereocenters. The molecule has 1 heterocycles. The molecule has 0 bridgehead atoms. The summed E-state index contributed by atoms with van der Waals surface area (Å²) in [5.41, 5.74) is 0.668. The molecular weight excluding hydrogens is 266 g/mol. The topological polar surface area (TPSA) is 86.1 Å². The number of hydrogen-bond acceptors (Lipinski definition) is 4. The zero-order valence-corrected chi connectivity index (χ0v) is 12.0. The van der Waals surface area contributed by atoms with Crippen LogP contribution in [0.15, 0.2) is 60.0 Å². The number of allylic oxidation sites excluding steroid dienone is 3. The molecule has 2 rings (SSSR count). The van der Waals surface area contributed by atoms with Gasteiger partial charge in [-0.15, -0.1) is 0 Å². The molecule has 0 fully saturated rings. The van der Waals surface area contributed by atoms with Gasteiger partial charge in [-0.2, -0.15) is 0 Å². The lowest BCUT2D eigenvalue weighted by molar-refractivity contribution is 0.0953. The minimum Gasteiger partial charge on any atom is -0.386 e. The Bertz CT molecular complexity index is 665. The molecule has 0 saturated heterocycles. The van der Waals surface area contributed by atoms with E-state index in [1.54, 1.807) is 38.1 Å². The Balaban J connectivity index is 2.31. The van der Waals surface area contributed by atoms with E-state index in [-0.39, 0.29) is 17.3 Å². The normalized spacial score (nSPS) is 15.4. The Hall–Kier alpha value is -2.53. The van der Waals surface area contributed by atoms with Crippen molar-refractivity contribution < 1.29 is 9.90 Å². The summed E-state index contributed by atoms with van der Waals surface area (Å²) in [4.78, 5) is 16.1. The first-order valence-electron chi connectivity index (χ1n) is 6.46. The first-order chi connectivity index (χ1) is 9.79. The average Bonchev–Trinajstić information content (AvgIpc) is 2.42. The molecule has 5 heteroatoms. The molecule has 0 spiro atoms. The molecule has 1 aliphatic carbocycles. The monoisotopic (exact) mass is 283 g/mol. The van der Waals surface area contributed by atoms with Crippen molar-refractivity contribution in [2.75, 3.05) is 0 Å². The minimum absolute atomic E-state index is 0.211. The highest BCUT2D eigenvalue weighted by Gasteiger charge is 2.27. The van der Waals surface area contributed by atoms with Gasteiger partial charge in [-0.05, 0) is 43.7 Å². The molecule has 0 aliphatic heterocycles. The van der Waals surface area contributed by atoms with Gasteiger partial charge in [0, 0.05) is 17.5 Å². The Kier molecular flexibility index (Phi) is 3.86. The fourth-order valence-electron chi connectivity index (χ4n) is 1.94. The lowest BCUT2D eigenvalue weighted by Gasteiger charge is -2.27. The lowest BCUT2D eigenvalue weighted by atomic mass is 9.88. The van der Waals surface area contributed by atoms with Gasteiger partial charge in [0.25, 0.3) is 5.91 Å². The third kappa shape index (κ3) is 3.32. The molecule has 5 nitrogen and oxygen atoms in total. The van der Waals surface area contributed by atoms with E-state index in [1.165, 1.54) is 12.3 Å². The molecule has 0 radical (unpaired) electrons. The van der Waals surface area contributed by atoms with Gasteiger partial charge in [0.15, 0.2) is 0 Å². The smallest absolute Gasteiger partial charge is 0.274 e. The molecule has 0 aromatic carbocycles. The van der Waals surface area contributed by atoms with E-state index < -0.39 is 5.60 Å². The number of amides is 1. The minimum atomic E-state index is -1.18. The number of aromatic nitrogens is 1. The number of pyridine rings is 1. The van der Waals surface area contributed by atoms with Gasteiger partial charge in [0.1, 0.15) is 5.69 Å². The van der Waals surface area contributed by atoms with Crippen LogP contribution in [0.25, 0.3) is 0 Å². The number of aliphatic hydroxyl groups is 1. The summed E-state index contributed by atoms with van der Waals surface area (Å²) in [5, 5.41) is 20.7. The summed E-state index contributed by atoms with van der Waals surface area (Å²) in [5.74, 6) is -0.377.